The third-order valence-electron chi connectivity index (χ3n) is 3.99. The Morgan fingerprint density at radius 2 is 2.30 bits per heavy atom. The zero-order valence-electron chi connectivity index (χ0n) is 12.9. The van der Waals surface area contributed by atoms with E-state index in [1.165, 1.54) is 6.26 Å². The molecule has 0 unspecified atom stereocenters. The molecule has 126 valence electrons. The van der Waals surface area contributed by atoms with Gasteiger partial charge in [0.05, 0.1) is 11.4 Å². The number of hydrogen-bond acceptors (Lipinski definition) is 6. The van der Waals surface area contributed by atoms with Crippen LogP contribution in [-0.4, -0.2) is 36.5 Å². The van der Waals surface area contributed by atoms with Crippen molar-refractivity contribution in [2.24, 2.45) is 13.0 Å². The Hall–Kier alpha value is -1.71. The second-order valence-electron chi connectivity index (χ2n) is 5.67. The van der Waals surface area contributed by atoms with Crippen LogP contribution in [0.5, 0.6) is 0 Å². The van der Waals surface area contributed by atoms with Crippen molar-refractivity contribution in [3.05, 3.63) is 36.0 Å². The second kappa shape index (κ2) is 6.81. The average Bonchev–Trinajstić information content (AvgIpc) is 3.17. The highest BCUT2D eigenvalue weighted by molar-refractivity contribution is 7.88. The van der Waals surface area contributed by atoms with E-state index in [-0.39, 0.29) is 17.8 Å². The van der Waals surface area contributed by atoms with Crippen molar-refractivity contribution in [3.63, 3.8) is 0 Å². The minimum Gasteiger partial charge on any atom is -0.372 e. The highest BCUT2D eigenvalue weighted by Gasteiger charge is 2.30. The van der Waals surface area contributed by atoms with Crippen LogP contribution in [0.2, 0.25) is 0 Å². The standard InChI is InChI=1S/C14H20N4O4S/c1-18-13(4-6-15-18)14-11(3-2-7-21-14)9-16-23(19,20)10-12-5-8-22-17-12/h4-6,8,11,14,16H,2-3,7,9-10H2,1H3/t11-,14+/m0/s1. The fraction of sp³-hybridized carbons (Fsp3) is 0.571. The average molecular weight is 340 g/mol. The summed E-state index contributed by atoms with van der Waals surface area (Å²) >= 11 is 0. The molecule has 0 aromatic carbocycles. The highest BCUT2D eigenvalue weighted by Crippen LogP contribution is 2.32. The maximum absolute atomic E-state index is 12.1. The van der Waals surface area contributed by atoms with Gasteiger partial charge >= 0.3 is 0 Å². The van der Waals surface area contributed by atoms with E-state index in [1.54, 1.807) is 16.9 Å². The minimum atomic E-state index is -3.46. The van der Waals surface area contributed by atoms with Gasteiger partial charge in [-0.3, -0.25) is 4.68 Å². The van der Waals surface area contributed by atoms with Crippen molar-refractivity contribution in [1.29, 1.82) is 0 Å². The SMILES string of the molecule is Cn1nccc1[C@@H]1OCCC[C@H]1CNS(=O)(=O)Cc1ccon1. The lowest BCUT2D eigenvalue weighted by Crippen LogP contribution is -2.36. The summed E-state index contributed by atoms with van der Waals surface area (Å²) in [4.78, 5) is 0. The minimum absolute atomic E-state index is 0.0752. The van der Waals surface area contributed by atoms with E-state index in [9.17, 15) is 8.42 Å². The molecule has 0 aliphatic carbocycles. The molecule has 0 spiro atoms. The van der Waals surface area contributed by atoms with Crippen molar-refractivity contribution in [2.45, 2.75) is 24.7 Å². The molecule has 0 saturated carbocycles. The Balaban J connectivity index is 1.64. The largest absolute Gasteiger partial charge is 0.372 e. The van der Waals surface area contributed by atoms with Gasteiger partial charge in [-0.1, -0.05) is 5.16 Å². The van der Waals surface area contributed by atoms with Crippen LogP contribution in [0.3, 0.4) is 0 Å². The van der Waals surface area contributed by atoms with Crippen molar-refractivity contribution in [1.82, 2.24) is 19.7 Å². The van der Waals surface area contributed by atoms with E-state index in [1.807, 2.05) is 13.1 Å². The van der Waals surface area contributed by atoms with Gasteiger partial charge in [0.2, 0.25) is 10.0 Å². The Morgan fingerprint density at radius 3 is 3.00 bits per heavy atom. The highest BCUT2D eigenvalue weighted by atomic mass is 32.2. The van der Waals surface area contributed by atoms with Crippen LogP contribution < -0.4 is 4.72 Å². The molecule has 3 heterocycles. The summed E-state index contributed by atoms with van der Waals surface area (Å²) in [6.45, 7) is 1.01. The molecule has 0 amide bonds. The molecule has 1 fully saturated rings. The zero-order chi connectivity index (χ0) is 16.3. The van der Waals surface area contributed by atoms with Gasteiger partial charge in [0.1, 0.15) is 18.1 Å². The smallest absolute Gasteiger partial charge is 0.217 e. The first-order valence-corrected chi connectivity index (χ1v) is 9.16. The normalized spacial score (nSPS) is 22.3. The number of aromatic nitrogens is 3. The van der Waals surface area contributed by atoms with Crippen molar-refractivity contribution in [3.8, 4) is 0 Å². The molecular weight excluding hydrogens is 320 g/mol. The molecule has 0 radical (unpaired) electrons. The van der Waals surface area contributed by atoms with Crippen molar-refractivity contribution in [2.75, 3.05) is 13.2 Å². The lowest BCUT2D eigenvalue weighted by atomic mass is 9.92. The van der Waals surface area contributed by atoms with Gasteiger partial charge in [-0.05, 0) is 18.9 Å². The van der Waals surface area contributed by atoms with Crippen LogP contribution in [0.25, 0.3) is 0 Å². The van der Waals surface area contributed by atoms with Crippen molar-refractivity contribution < 1.29 is 17.7 Å². The topological polar surface area (TPSA) is 99.2 Å². The molecule has 1 saturated heterocycles. The van der Waals surface area contributed by atoms with Crippen LogP contribution in [0.4, 0.5) is 0 Å². The number of aryl methyl sites for hydroxylation is 1. The molecule has 9 heteroatoms. The molecule has 2 aromatic rings. The summed E-state index contributed by atoms with van der Waals surface area (Å²) in [6.07, 6.45) is 4.76. The molecule has 23 heavy (non-hydrogen) atoms. The number of rotatable bonds is 6. The van der Waals surface area contributed by atoms with Gasteiger partial charge in [0, 0.05) is 38.4 Å². The molecule has 0 bridgehead atoms. The summed E-state index contributed by atoms with van der Waals surface area (Å²) in [5.74, 6) is -0.112. The van der Waals surface area contributed by atoms with Gasteiger partial charge in [-0.2, -0.15) is 5.10 Å². The molecule has 1 N–H and O–H groups in total. The van der Waals surface area contributed by atoms with Crippen LogP contribution in [0.15, 0.2) is 29.1 Å². The molecule has 1 aliphatic heterocycles. The Morgan fingerprint density at radius 1 is 1.43 bits per heavy atom. The lowest BCUT2D eigenvalue weighted by molar-refractivity contribution is -0.0307. The number of sulfonamides is 1. The van der Waals surface area contributed by atoms with E-state index >= 15 is 0 Å². The molecule has 2 atom stereocenters. The fourth-order valence-electron chi connectivity index (χ4n) is 2.83. The molecule has 1 aliphatic rings. The van der Waals surface area contributed by atoms with Crippen LogP contribution in [0, 0.1) is 5.92 Å². The quantitative estimate of drug-likeness (QED) is 0.842. The number of hydrogen-bond donors (Lipinski definition) is 1. The number of ether oxygens (including phenoxy) is 1. The van der Waals surface area contributed by atoms with E-state index in [2.05, 4.69) is 19.5 Å². The Labute approximate surface area is 134 Å². The maximum atomic E-state index is 12.1. The third kappa shape index (κ3) is 3.98. The molecular formula is C14H20N4O4S. The number of nitrogens with one attached hydrogen (secondary N) is 1. The van der Waals surface area contributed by atoms with Gasteiger partial charge in [-0.25, -0.2) is 13.1 Å². The maximum Gasteiger partial charge on any atom is 0.217 e. The van der Waals surface area contributed by atoms with Gasteiger partial charge in [0.15, 0.2) is 0 Å². The Bertz CT molecular complexity index is 726. The predicted octanol–water partition coefficient (Wildman–Crippen LogP) is 0.995. The van der Waals surface area contributed by atoms with Crippen LogP contribution in [-0.2, 0) is 27.6 Å². The van der Waals surface area contributed by atoms with E-state index in [0.717, 1.165) is 18.5 Å². The van der Waals surface area contributed by atoms with Gasteiger partial charge in [-0.15, -0.1) is 0 Å². The van der Waals surface area contributed by atoms with Crippen LogP contribution >= 0.6 is 0 Å². The van der Waals surface area contributed by atoms with E-state index in [4.69, 9.17) is 4.74 Å². The summed E-state index contributed by atoms with van der Waals surface area (Å²) in [5, 5.41) is 7.80. The molecule has 8 nitrogen and oxygen atoms in total. The summed E-state index contributed by atoms with van der Waals surface area (Å²) in [6, 6.07) is 3.45. The lowest BCUT2D eigenvalue weighted by Gasteiger charge is -2.31. The molecule has 3 rings (SSSR count). The fourth-order valence-corrected chi connectivity index (χ4v) is 3.94. The first-order chi connectivity index (χ1) is 11.1. The first kappa shape index (κ1) is 16.2. The summed E-state index contributed by atoms with van der Waals surface area (Å²) in [7, 11) is -1.60. The van der Waals surface area contributed by atoms with Crippen LogP contribution in [0.1, 0.15) is 30.3 Å². The van der Waals surface area contributed by atoms with E-state index < -0.39 is 10.0 Å². The van der Waals surface area contributed by atoms with E-state index in [0.29, 0.717) is 18.8 Å². The number of nitrogens with zero attached hydrogens (tertiary/aromatic N) is 3. The third-order valence-corrected chi connectivity index (χ3v) is 5.27. The second-order valence-corrected chi connectivity index (χ2v) is 7.48. The summed E-state index contributed by atoms with van der Waals surface area (Å²) < 4.78 is 39.3. The van der Waals surface area contributed by atoms with Gasteiger partial charge in [0.25, 0.3) is 0 Å². The molecule has 2 aromatic heterocycles. The summed E-state index contributed by atoms with van der Waals surface area (Å²) in [5.41, 5.74) is 1.35. The zero-order valence-corrected chi connectivity index (χ0v) is 13.7. The first-order valence-electron chi connectivity index (χ1n) is 7.51. The predicted molar refractivity (Wildman–Crippen MR) is 81.8 cm³/mol. The monoisotopic (exact) mass is 340 g/mol. The Kier molecular flexibility index (Phi) is 4.79. The van der Waals surface area contributed by atoms with Crippen molar-refractivity contribution >= 4 is 10.0 Å². The van der Waals surface area contributed by atoms with Gasteiger partial charge < -0.3 is 9.26 Å².